The number of hydrogen-bond acceptors (Lipinski definition) is 5. The van der Waals surface area contributed by atoms with E-state index in [-0.39, 0.29) is 11.4 Å². The average Bonchev–Trinajstić information content (AvgIpc) is 2.53. The van der Waals surface area contributed by atoms with E-state index in [1.54, 1.807) is 24.3 Å². The number of carbonyl (C=O) groups excluding carboxylic acids is 1. The van der Waals surface area contributed by atoms with E-state index in [9.17, 15) is 23.3 Å². The molecule has 0 aliphatic carbocycles. The number of rotatable bonds is 6. The molecule has 2 aromatic rings. The molecule has 0 radical (unpaired) electrons. The average molecular weight is 442 g/mol. The van der Waals surface area contributed by atoms with Gasteiger partial charge < -0.3 is 5.32 Å². The van der Waals surface area contributed by atoms with Crippen molar-refractivity contribution in [2.75, 3.05) is 15.9 Å². The first-order chi connectivity index (χ1) is 12.1. The molecule has 0 bridgehead atoms. The second-order valence-electron chi connectivity index (χ2n) is 5.51. The van der Waals surface area contributed by atoms with E-state index in [0.717, 1.165) is 21.1 Å². The summed E-state index contributed by atoms with van der Waals surface area (Å²) in [6.07, 6.45) is 0.939. The molecule has 0 aliphatic rings. The molecule has 10 heteroatoms. The van der Waals surface area contributed by atoms with E-state index in [1.165, 1.54) is 25.1 Å². The van der Waals surface area contributed by atoms with Crippen LogP contribution < -0.4 is 9.62 Å². The number of amides is 1. The fourth-order valence-corrected chi connectivity index (χ4v) is 3.93. The van der Waals surface area contributed by atoms with Crippen molar-refractivity contribution >= 4 is 48.9 Å². The molecular weight excluding hydrogens is 426 g/mol. The molecule has 26 heavy (non-hydrogen) atoms. The lowest BCUT2D eigenvalue weighted by molar-refractivity contribution is -0.384. The van der Waals surface area contributed by atoms with Crippen molar-refractivity contribution < 1.29 is 18.1 Å². The number of halogens is 1. The predicted molar refractivity (Wildman–Crippen MR) is 103 cm³/mol. The first-order valence-corrected chi connectivity index (χ1v) is 10.0. The van der Waals surface area contributed by atoms with Crippen LogP contribution in [0.15, 0.2) is 53.0 Å². The van der Waals surface area contributed by atoms with Crippen LogP contribution in [-0.2, 0) is 14.8 Å². The number of sulfonamides is 1. The van der Waals surface area contributed by atoms with Gasteiger partial charge in [0.05, 0.1) is 16.9 Å². The third-order valence-corrected chi connectivity index (χ3v) is 5.21. The van der Waals surface area contributed by atoms with Crippen molar-refractivity contribution in [2.24, 2.45) is 0 Å². The summed E-state index contributed by atoms with van der Waals surface area (Å²) in [6, 6.07) is 10.8. The number of nitrogens with zero attached hydrogens (tertiary/aromatic N) is 2. The molecule has 2 rings (SSSR count). The van der Waals surface area contributed by atoms with Crippen molar-refractivity contribution in [3.8, 4) is 0 Å². The zero-order chi connectivity index (χ0) is 19.5. The topological polar surface area (TPSA) is 110 Å². The minimum Gasteiger partial charge on any atom is -0.324 e. The van der Waals surface area contributed by atoms with Crippen LogP contribution in [0.2, 0.25) is 0 Å². The molecular formula is C16H16BrN3O5S. The van der Waals surface area contributed by atoms with Crippen LogP contribution in [0.3, 0.4) is 0 Å². The zero-order valence-electron chi connectivity index (χ0n) is 13.9. The number of hydrogen-bond donors (Lipinski definition) is 1. The molecule has 0 saturated heterocycles. The Morgan fingerprint density at radius 3 is 2.46 bits per heavy atom. The molecule has 8 nitrogen and oxygen atoms in total. The standard InChI is InChI=1S/C16H16BrN3O5S/c1-11(16(21)18-13-6-3-5-12(17)9-13)19(26(2,24)25)14-7-4-8-15(10-14)20(22)23/h3-11H,1-2H3,(H,18,21)/t11-/m1/s1. The normalized spacial score (nSPS) is 12.3. The molecule has 0 saturated carbocycles. The second-order valence-corrected chi connectivity index (χ2v) is 8.29. The Morgan fingerprint density at radius 1 is 1.23 bits per heavy atom. The summed E-state index contributed by atoms with van der Waals surface area (Å²) >= 11 is 3.29. The Labute approximate surface area is 159 Å². The van der Waals surface area contributed by atoms with Gasteiger partial charge in [-0.15, -0.1) is 0 Å². The molecule has 0 heterocycles. The lowest BCUT2D eigenvalue weighted by Crippen LogP contribution is -2.45. The Bertz CT molecular complexity index is 948. The molecule has 0 aliphatic heterocycles. The summed E-state index contributed by atoms with van der Waals surface area (Å²) in [6.45, 7) is 1.41. The van der Waals surface area contributed by atoms with Crippen LogP contribution in [0.5, 0.6) is 0 Å². The Morgan fingerprint density at radius 2 is 1.88 bits per heavy atom. The van der Waals surface area contributed by atoms with Gasteiger partial charge in [0.15, 0.2) is 0 Å². The number of nitro groups is 1. The quantitative estimate of drug-likeness (QED) is 0.546. The van der Waals surface area contributed by atoms with Gasteiger partial charge in [-0.2, -0.15) is 0 Å². The predicted octanol–water partition coefficient (Wildman–Crippen LogP) is 3.15. The van der Waals surface area contributed by atoms with Crippen LogP contribution in [0.4, 0.5) is 17.1 Å². The van der Waals surface area contributed by atoms with Gasteiger partial charge in [0, 0.05) is 22.3 Å². The third-order valence-electron chi connectivity index (χ3n) is 3.48. The summed E-state index contributed by atoms with van der Waals surface area (Å²) in [4.78, 5) is 22.9. The first kappa shape index (κ1) is 19.9. The zero-order valence-corrected chi connectivity index (χ0v) is 16.3. The molecule has 0 unspecified atom stereocenters. The molecule has 1 N–H and O–H groups in total. The fraction of sp³-hybridized carbons (Fsp3) is 0.188. The maximum Gasteiger partial charge on any atom is 0.271 e. The molecule has 0 aromatic heterocycles. The number of nitro benzene ring substituents is 1. The van der Waals surface area contributed by atoms with Gasteiger partial charge in [0.25, 0.3) is 5.69 Å². The number of benzene rings is 2. The van der Waals surface area contributed by atoms with Gasteiger partial charge in [0.2, 0.25) is 15.9 Å². The Hall–Kier alpha value is -2.46. The molecule has 1 amide bonds. The Kier molecular flexibility index (Phi) is 5.98. The van der Waals surface area contributed by atoms with Crippen molar-refractivity contribution in [2.45, 2.75) is 13.0 Å². The van der Waals surface area contributed by atoms with E-state index < -0.39 is 26.9 Å². The van der Waals surface area contributed by atoms with E-state index >= 15 is 0 Å². The molecule has 0 spiro atoms. The van der Waals surface area contributed by atoms with Gasteiger partial charge in [-0.25, -0.2) is 8.42 Å². The number of nitrogens with one attached hydrogen (secondary N) is 1. The summed E-state index contributed by atoms with van der Waals surface area (Å²) in [7, 11) is -3.86. The van der Waals surface area contributed by atoms with Crippen LogP contribution in [-0.4, -0.2) is 31.5 Å². The van der Waals surface area contributed by atoms with Gasteiger partial charge >= 0.3 is 0 Å². The van der Waals surface area contributed by atoms with Gasteiger partial charge in [-0.3, -0.25) is 19.2 Å². The third kappa shape index (κ3) is 4.79. The maximum atomic E-state index is 12.5. The van der Waals surface area contributed by atoms with Crippen LogP contribution in [0.1, 0.15) is 6.92 Å². The maximum absolute atomic E-state index is 12.5. The summed E-state index contributed by atoms with van der Waals surface area (Å²) in [5.41, 5.74) is 0.262. The van der Waals surface area contributed by atoms with Crippen molar-refractivity contribution in [1.82, 2.24) is 0 Å². The first-order valence-electron chi connectivity index (χ1n) is 7.40. The minimum absolute atomic E-state index is 0.0404. The van der Waals surface area contributed by atoms with Crippen LogP contribution in [0, 0.1) is 10.1 Å². The number of non-ortho nitro benzene ring substituents is 1. The van der Waals surface area contributed by atoms with Gasteiger partial charge in [0.1, 0.15) is 6.04 Å². The van der Waals surface area contributed by atoms with E-state index in [2.05, 4.69) is 21.2 Å². The highest BCUT2D eigenvalue weighted by Crippen LogP contribution is 2.26. The van der Waals surface area contributed by atoms with Crippen molar-refractivity contribution in [3.05, 3.63) is 63.1 Å². The summed E-state index contributed by atoms with van der Waals surface area (Å²) in [5.74, 6) is -0.569. The fourth-order valence-electron chi connectivity index (χ4n) is 2.37. The van der Waals surface area contributed by atoms with Crippen LogP contribution >= 0.6 is 15.9 Å². The number of anilines is 2. The highest BCUT2D eigenvalue weighted by atomic mass is 79.9. The molecule has 0 fully saturated rings. The van der Waals surface area contributed by atoms with E-state index in [4.69, 9.17) is 0 Å². The lowest BCUT2D eigenvalue weighted by atomic mass is 10.2. The highest BCUT2D eigenvalue weighted by molar-refractivity contribution is 9.10. The monoisotopic (exact) mass is 441 g/mol. The minimum atomic E-state index is -3.86. The molecule has 138 valence electrons. The number of carbonyl (C=O) groups is 1. The lowest BCUT2D eigenvalue weighted by Gasteiger charge is -2.28. The van der Waals surface area contributed by atoms with E-state index in [0.29, 0.717) is 5.69 Å². The second kappa shape index (κ2) is 7.83. The molecule has 1 atom stereocenters. The smallest absolute Gasteiger partial charge is 0.271 e. The van der Waals surface area contributed by atoms with Gasteiger partial charge in [-0.1, -0.05) is 28.1 Å². The largest absolute Gasteiger partial charge is 0.324 e. The van der Waals surface area contributed by atoms with Crippen molar-refractivity contribution in [3.63, 3.8) is 0 Å². The van der Waals surface area contributed by atoms with Gasteiger partial charge in [-0.05, 0) is 31.2 Å². The summed E-state index contributed by atoms with van der Waals surface area (Å²) in [5, 5.41) is 13.6. The SMILES string of the molecule is C[C@H](C(=O)Nc1cccc(Br)c1)N(c1cccc([N+](=O)[O-])c1)S(C)(=O)=O. The van der Waals surface area contributed by atoms with E-state index in [1.807, 2.05) is 0 Å². The highest BCUT2D eigenvalue weighted by Gasteiger charge is 2.30. The Balaban J connectivity index is 2.36. The van der Waals surface area contributed by atoms with Crippen molar-refractivity contribution in [1.29, 1.82) is 0 Å². The molecule has 2 aromatic carbocycles. The summed E-state index contributed by atoms with van der Waals surface area (Å²) < 4.78 is 26.1. The van der Waals surface area contributed by atoms with Crippen LogP contribution in [0.25, 0.3) is 0 Å².